The molecule has 0 spiro atoms. The van der Waals surface area contributed by atoms with Gasteiger partial charge in [0.25, 0.3) is 5.56 Å². The molecule has 0 bridgehead atoms. The molecule has 0 fully saturated rings. The smallest absolute Gasteiger partial charge is 0.272 e. The highest BCUT2D eigenvalue weighted by Gasteiger charge is 2.12. The first-order chi connectivity index (χ1) is 10.3. The van der Waals surface area contributed by atoms with Crippen LogP contribution in [0.4, 0.5) is 0 Å². The first-order valence-corrected chi connectivity index (χ1v) is 7.11. The van der Waals surface area contributed by atoms with Gasteiger partial charge in [-0.25, -0.2) is 9.98 Å². The van der Waals surface area contributed by atoms with Crippen LogP contribution in [0, 0.1) is 0 Å². The van der Waals surface area contributed by atoms with Crippen molar-refractivity contribution in [2.75, 3.05) is 0 Å². The fourth-order valence-corrected chi connectivity index (χ4v) is 2.91. The summed E-state index contributed by atoms with van der Waals surface area (Å²) in [4.78, 5) is 23.7. The van der Waals surface area contributed by atoms with Gasteiger partial charge in [-0.1, -0.05) is 0 Å². The zero-order valence-corrected chi connectivity index (χ0v) is 11.4. The van der Waals surface area contributed by atoms with E-state index in [1.807, 2.05) is 6.08 Å². The van der Waals surface area contributed by atoms with Crippen LogP contribution >= 0.6 is 0 Å². The number of nitrogens with one attached hydrogen (secondary N) is 3. The molecule has 3 N–H and O–H groups in total. The summed E-state index contributed by atoms with van der Waals surface area (Å²) < 4.78 is 0. The van der Waals surface area contributed by atoms with Crippen molar-refractivity contribution >= 4 is 24.3 Å². The number of rotatable bonds is 1. The van der Waals surface area contributed by atoms with E-state index in [0.717, 1.165) is 18.5 Å². The molecule has 6 nitrogen and oxygen atoms in total. The van der Waals surface area contributed by atoms with Crippen LogP contribution in [0.5, 0.6) is 0 Å². The van der Waals surface area contributed by atoms with E-state index in [9.17, 15) is 4.79 Å². The largest absolute Gasteiger partial charge is 0.359 e. The summed E-state index contributed by atoms with van der Waals surface area (Å²) in [5.41, 5.74) is 3.46. The summed E-state index contributed by atoms with van der Waals surface area (Å²) in [5, 5.41) is 6.63. The van der Waals surface area contributed by atoms with E-state index in [4.69, 9.17) is 0 Å². The number of fused-ring (bicyclic) bond motifs is 1. The quantitative estimate of drug-likeness (QED) is 0.672. The van der Waals surface area contributed by atoms with Gasteiger partial charge in [0.2, 0.25) is 0 Å². The van der Waals surface area contributed by atoms with Gasteiger partial charge in [-0.2, -0.15) is 0 Å². The third kappa shape index (κ3) is 2.08. The fraction of sp³-hybridized carbons (Fsp3) is 0.267. The zero-order valence-electron chi connectivity index (χ0n) is 11.4. The predicted molar refractivity (Wildman–Crippen MR) is 82.1 cm³/mol. The number of hydrogen-bond acceptors (Lipinski definition) is 3. The zero-order chi connectivity index (χ0) is 14.2. The van der Waals surface area contributed by atoms with E-state index in [1.54, 1.807) is 12.4 Å². The maximum atomic E-state index is 12.0. The molecule has 0 saturated carbocycles. The second-order valence-electron chi connectivity index (χ2n) is 5.33. The lowest BCUT2D eigenvalue weighted by molar-refractivity contribution is 0.677. The maximum Gasteiger partial charge on any atom is 0.272 e. The molecule has 2 aromatic heterocycles. The van der Waals surface area contributed by atoms with Crippen LogP contribution in [0.25, 0.3) is 11.9 Å². The molecule has 0 unspecified atom stereocenters. The van der Waals surface area contributed by atoms with Gasteiger partial charge in [-0.3, -0.25) is 15.0 Å². The molecule has 0 saturated heterocycles. The number of nitrogens with zero attached hydrogens (tertiary/aromatic N) is 2. The van der Waals surface area contributed by atoms with Gasteiger partial charge >= 0.3 is 0 Å². The predicted octanol–water partition coefficient (Wildman–Crippen LogP) is -0.0404. The fourth-order valence-electron chi connectivity index (χ4n) is 2.91. The van der Waals surface area contributed by atoms with Gasteiger partial charge in [0.05, 0.1) is 5.22 Å². The lowest BCUT2D eigenvalue weighted by atomic mass is 9.98. The number of aromatic amines is 3. The first kappa shape index (κ1) is 12.1. The Morgan fingerprint density at radius 2 is 1.90 bits per heavy atom. The minimum atomic E-state index is -0.164. The van der Waals surface area contributed by atoms with Crippen molar-refractivity contribution in [1.29, 1.82) is 0 Å². The highest BCUT2D eigenvalue weighted by atomic mass is 16.1. The number of aliphatic imine (C=N–C) groups is 2. The van der Waals surface area contributed by atoms with Crippen LogP contribution in [0.15, 0.2) is 20.8 Å². The van der Waals surface area contributed by atoms with E-state index < -0.39 is 0 Å². The van der Waals surface area contributed by atoms with Crippen molar-refractivity contribution in [3.63, 3.8) is 0 Å². The van der Waals surface area contributed by atoms with Gasteiger partial charge in [0.1, 0.15) is 5.35 Å². The highest BCUT2D eigenvalue weighted by Crippen LogP contribution is 2.21. The third-order valence-corrected chi connectivity index (χ3v) is 3.93. The number of H-pyrrole nitrogens is 3. The van der Waals surface area contributed by atoms with E-state index in [1.165, 1.54) is 24.1 Å². The van der Waals surface area contributed by atoms with Gasteiger partial charge in [-0.15, -0.1) is 0 Å². The van der Waals surface area contributed by atoms with Gasteiger partial charge < -0.3 is 4.98 Å². The minimum Gasteiger partial charge on any atom is -0.359 e. The average molecular weight is 281 g/mol. The summed E-state index contributed by atoms with van der Waals surface area (Å²) in [6, 6.07) is 2.14. The van der Waals surface area contributed by atoms with Crippen LogP contribution in [0.3, 0.4) is 0 Å². The second kappa shape index (κ2) is 4.73. The monoisotopic (exact) mass is 281 g/mol. The Morgan fingerprint density at radius 1 is 1.10 bits per heavy atom. The molecule has 2 aromatic rings. The molecule has 21 heavy (non-hydrogen) atoms. The molecular weight excluding hydrogens is 266 g/mol. The van der Waals surface area contributed by atoms with Crippen molar-refractivity contribution in [3.8, 4) is 0 Å². The van der Waals surface area contributed by atoms with Crippen molar-refractivity contribution in [2.24, 2.45) is 9.98 Å². The Labute approximate surface area is 120 Å². The second-order valence-corrected chi connectivity index (χ2v) is 5.33. The molecule has 106 valence electrons. The SMILES string of the molecule is O=c1[nH][nH]c(=C2N=CC=N2)c1=Cc1cc2c([nH]1)CCCC2. The normalized spacial score (nSPS) is 17.7. The lowest BCUT2D eigenvalue weighted by Crippen LogP contribution is -2.34. The maximum absolute atomic E-state index is 12.0. The topological polar surface area (TPSA) is 89.2 Å². The molecule has 0 amide bonds. The standard InChI is InChI=1S/C15H15N5O/c21-15-11(13(19-20-15)14-16-5-6-17-14)8-10-7-9-3-1-2-4-12(9)18-10/h5-8,18-19H,1-4H2,(H,20,21). The Balaban J connectivity index is 1.91. The van der Waals surface area contributed by atoms with E-state index in [-0.39, 0.29) is 5.56 Å². The molecule has 3 heterocycles. The Kier molecular flexibility index (Phi) is 2.73. The van der Waals surface area contributed by atoms with Gasteiger partial charge in [0.15, 0.2) is 5.82 Å². The highest BCUT2D eigenvalue weighted by molar-refractivity contribution is 6.20. The van der Waals surface area contributed by atoms with Crippen LogP contribution < -0.4 is 16.1 Å². The molecule has 6 heteroatoms. The molecule has 0 aromatic carbocycles. The number of hydrogen-bond donors (Lipinski definition) is 3. The van der Waals surface area contributed by atoms with E-state index >= 15 is 0 Å². The molecule has 4 rings (SSSR count). The molecule has 1 aliphatic carbocycles. The van der Waals surface area contributed by atoms with Crippen molar-refractivity contribution < 1.29 is 0 Å². The summed E-state index contributed by atoms with van der Waals surface area (Å²) in [6.07, 6.45) is 9.74. The lowest BCUT2D eigenvalue weighted by Gasteiger charge is -2.08. The summed E-state index contributed by atoms with van der Waals surface area (Å²) in [5.74, 6) is 0.524. The first-order valence-electron chi connectivity index (χ1n) is 7.11. The molecule has 2 aliphatic rings. The Hall–Kier alpha value is -2.63. The van der Waals surface area contributed by atoms with Crippen molar-refractivity contribution in [1.82, 2.24) is 15.2 Å². The van der Waals surface area contributed by atoms with Crippen LogP contribution in [-0.4, -0.2) is 27.6 Å². The van der Waals surface area contributed by atoms with Crippen LogP contribution in [0.2, 0.25) is 0 Å². The average Bonchev–Trinajstić information content (AvgIpc) is 3.19. The molecule has 0 atom stereocenters. The van der Waals surface area contributed by atoms with E-state index in [0.29, 0.717) is 16.4 Å². The Morgan fingerprint density at radius 3 is 2.71 bits per heavy atom. The number of aryl methyl sites for hydroxylation is 2. The molecule has 0 radical (unpaired) electrons. The summed E-state index contributed by atoms with van der Waals surface area (Å²) in [7, 11) is 0. The van der Waals surface area contributed by atoms with Crippen molar-refractivity contribution in [2.45, 2.75) is 25.7 Å². The minimum absolute atomic E-state index is 0.164. The van der Waals surface area contributed by atoms with Crippen LogP contribution in [0.1, 0.15) is 29.8 Å². The third-order valence-electron chi connectivity index (χ3n) is 3.93. The van der Waals surface area contributed by atoms with Gasteiger partial charge in [0, 0.05) is 23.8 Å². The summed E-state index contributed by atoms with van der Waals surface area (Å²) >= 11 is 0. The van der Waals surface area contributed by atoms with Crippen LogP contribution in [-0.2, 0) is 12.8 Å². The summed E-state index contributed by atoms with van der Waals surface area (Å²) in [6.45, 7) is 0. The van der Waals surface area contributed by atoms with Gasteiger partial charge in [-0.05, 0) is 43.4 Å². The van der Waals surface area contributed by atoms with Crippen molar-refractivity contribution in [3.05, 3.63) is 43.9 Å². The van der Waals surface area contributed by atoms with E-state index in [2.05, 4.69) is 31.2 Å². The molecule has 1 aliphatic heterocycles. The molecular formula is C15H15N5O. The number of aromatic nitrogens is 3. The Bertz CT molecular complexity index is 885.